The van der Waals surface area contributed by atoms with Crippen LogP contribution in [0.4, 0.5) is 0 Å². The van der Waals surface area contributed by atoms with Crippen LogP contribution in [0.25, 0.3) is 0 Å². The molecule has 1 saturated heterocycles. The van der Waals surface area contributed by atoms with Gasteiger partial charge in [0.15, 0.2) is 5.16 Å². The van der Waals surface area contributed by atoms with Gasteiger partial charge in [0.2, 0.25) is 5.88 Å². The molecule has 0 radical (unpaired) electrons. The highest BCUT2D eigenvalue weighted by Gasteiger charge is 2.18. The van der Waals surface area contributed by atoms with Crippen LogP contribution < -0.4 is 10.1 Å². The lowest BCUT2D eigenvalue weighted by molar-refractivity contribution is 0.0954. The van der Waals surface area contributed by atoms with Crippen molar-refractivity contribution in [1.29, 1.82) is 0 Å². The molecule has 128 valence electrons. The average Bonchev–Trinajstić information content (AvgIpc) is 3.24. The van der Waals surface area contributed by atoms with Crippen molar-refractivity contribution in [2.75, 3.05) is 25.5 Å². The van der Waals surface area contributed by atoms with Gasteiger partial charge >= 0.3 is 0 Å². The summed E-state index contributed by atoms with van der Waals surface area (Å²) in [4.78, 5) is 16.3. The van der Waals surface area contributed by atoms with Crippen LogP contribution in [-0.2, 0) is 11.8 Å². The summed E-state index contributed by atoms with van der Waals surface area (Å²) in [5, 5.41) is 11.5. The summed E-state index contributed by atoms with van der Waals surface area (Å²) in [5.74, 6) is 1.02. The van der Waals surface area contributed by atoms with Crippen LogP contribution >= 0.6 is 11.8 Å². The molecule has 0 bridgehead atoms. The van der Waals surface area contributed by atoms with Crippen LogP contribution in [-0.4, -0.2) is 57.3 Å². The SMILES string of the molecule is Cn1cnnc1SCCNC(=O)c1ccnc(O[C@H]2CCOC2)c1. The number of hydrogen-bond acceptors (Lipinski definition) is 7. The van der Waals surface area contributed by atoms with Gasteiger partial charge in [0.25, 0.3) is 5.91 Å². The Morgan fingerprint density at radius 2 is 2.50 bits per heavy atom. The summed E-state index contributed by atoms with van der Waals surface area (Å²) in [6.07, 6.45) is 4.08. The molecule has 2 aromatic heterocycles. The van der Waals surface area contributed by atoms with E-state index in [9.17, 15) is 4.79 Å². The Hall–Kier alpha value is -2.13. The fraction of sp³-hybridized carbons (Fsp3) is 0.467. The molecule has 0 unspecified atom stereocenters. The Morgan fingerprint density at radius 3 is 3.25 bits per heavy atom. The van der Waals surface area contributed by atoms with Crippen molar-refractivity contribution in [3.63, 3.8) is 0 Å². The largest absolute Gasteiger partial charge is 0.472 e. The number of nitrogens with zero attached hydrogens (tertiary/aromatic N) is 4. The highest BCUT2D eigenvalue weighted by molar-refractivity contribution is 7.99. The predicted molar refractivity (Wildman–Crippen MR) is 88.1 cm³/mol. The van der Waals surface area contributed by atoms with Gasteiger partial charge in [-0.2, -0.15) is 0 Å². The van der Waals surface area contributed by atoms with Gasteiger partial charge in [0, 0.05) is 43.6 Å². The molecule has 1 fully saturated rings. The van der Waals surface area contributed by atoms with Crippen LogP contribution in [0.2, 0.25) is 0 Å². The predicted octanol–water partition coefficient (Wildman–Crippen LogP) is 0.900. The van der Waals surface area contributed by atoms with E-state index in [2.05, 4.69) is 20.5 Å². The molecule has 1 atom stereocenters. The van der Waals surface area contributed by atoms with E-state index in [-0.39, 0.29) is 12.0 Å². The maximum absolute atomic E-state index is 12.2. The molecule has 3 heterocycles. The van der Waals surface area contributed by atoms with E-state index < -0.39 is 0 Å². The molecule has 0 aliphatic carbocycles. The number of thioether (sulfide) groups is 1. The van der Waals surface area contributed by atoms with E-state index in [0.717, 1.165) is 11.6 Å². The van der Waals surface area contributed by atoms with Crippen molar-refractivity contribution in [3.05, 3.63) is 30.2 Å². The van der Waals surface area contributed by atoms with E-state index in [4.69, 9.17) is 9.47 Å². The molecule has 1 aliphatic rings. The van der Waals surface area contributed by atoms with Crippen LogP contribution in [0.5, 0.6) is 5.88 Å². The van der Waals surface area contributed by atoms with Gasteiger partial charge in [0.1, 0.15) is 12.4 Å². The first-order valence-electron chi connectivity index (χ1n) is 7.68. The quantitative estimate of drug-likeness (QED) is 0.586. The lowest BCUT2D eigenvalue weighted by Gasteiger charge is -2.11. The number of rotatable bonds is 7. The van der Waals surface area contributed by atoms with Crippen molar-refractivity contribution < 1.29 is 14.3 Å². The minimum absolute atomic E-state index is 0.0126. The summed E-state index contributed by atoms with van der Waals surface area (Å²) in [5.41, 5.74) is 0.530. The highest BCUT2D eigenvalue weighted by atomic mass is 32.2. The van der Waals surface area contributed by atoms with Crippen LogP contribution in [0.15, 0.2) is 29.8 Å². The fourth-order valence-electron chi connectivity index (χ4n) is 2.20. The normalized spacial score (nSPS) is 17.0. The van der Waals surface area contributed by atoms with Crippen LogP contribution in [0, 0.1) is 0 Å². The van der Waals surface area contributed by atoms with Crippen molar-refractivity contribution in [2.24, 2.45) is 7.05 Å². The van der Waals surface area contributed by atoms with Gasteiger partial charge in [0.05, 0.1) is 13.2 Å². The first-order valence-corrected chi connectivity index (χ1v) is 8.66. The number of aromatic nitrogens is 4. The second-order valence-electron chi connectivity index (χ2n) is 5.31. The van der Waals surface area contributed by atoms with E-state index >= 15 is 0 Å². The molecule has 2 aromatic rings. The first-order chi connectivity index (χ1) is 11.7. The van der Waals surface area contributed by atoms with Crippen LogP contribution in [0.1, 0.15) is 16.8 Å². The average molecular weight is 349 g/mol. The second kappa shape index (κ2) is 8.11. The molecule has 24 heavy (non-hydrogen) atoms. The third-order valence-electron chi connectivity index (χ3n) is 3.46. The zero-order valence-corrected chi connectivity index (χ0v) is 14.2. The molecule has 8 nitrogen and oxygen atoms in total. The first kappa shape index (κ1) is 16.7. The van der Waals surface area contributed by atoms with Gasteiger partial charge in [-0.1, -0.05) is 11.8 Å². The second-order valence-corrected chi connectivity index (χ2v) is 6.38. The van der Waals surface area contributed by atoms with E-state index in [0.29, 0.717) is 37.0 Å². The monoisotopic (exact) mass is 349 g/mol. The lowest BCUT2D eigenvalue weighted by atomic mass is 10.2. The standard InChI is InChI=1S/C15H19N5O3S/c1-20-10-18-19-15(20)24-7-5-17-14(21)11-2-4-16-13(8-11)23-12-3-6-22-9-12/h2,4,8,10,12H,3,5-7,9H2,1H3,(H,17,21)/t12-/m0/s1. The molecule has 0 spiro atoms. The van der Waals surface area contributed by atoms with E-state index in [1.807, 2.05) is 11.6 Å². The minimum atomic E-state index is -0.150. The fourth-order valence-corrected chi connectivity index (χ4v) is 2.95. The van der Waals surface area contributed by atoms with Gasteiger partial charge in [-0.3, -0.25) is 4.79 Å². The van der Waals surface area contributed by atoms with Gasteiger partial charge in [-0.25, -0.2) is 4.98 Å². The summed E-state index contributed by atoms with van der Waals surface area (Å²) < 4.78 is 12.8. The molecule has 3 rings (SSSR count). The Bertz CT molecular complexity index is 687. The molecule has 0 saturated carbocycles. The number of aryl methyl sites for hydroxylation is 1. The summed E-state index contributed by atoms with van der Waals surface area (Å²) in [6.45, 7) is 1.80. The third kappa shape index (κ3) is 4.45. The van der Waals surface area contributed by atoms with Crippen molar-refractivity contribution in [2.45, 2.75) is 17.7 Å². The molecular formula is C15H19N5O3S. The van der Waals surface area contributed by atoms with Gasteiger partial charge in [-0.05, 0) is 6.07 Å². The number of amides is 1. The molecule has 0 aromatic carbocycles. The smallest absolute Gasteiger partial charge is 0.251 e. The van der Waals surface area contributed by atoms with Crippen molar-refractivity contribution in [1.82, 2.24) is 25.1 Å². The molecule has 1 amide bonds. The molecule has 1 N–H and O–H groups in total. The third-order valence-corrected chi connectivity index (χ3v) is 4.50. The minimum Gasteiger partial charge on any atom is -0.472 e. The number of carbonyl (C=O) groups is 1. The summed E-state index contributed by atoms with van der Waals surface area (Å²) in [6, 6.07) is 3.33. The lowest BCUT2D eigenvalue weighted by Crippen LogP contribution is -2.26. The van der Waals surface area contributed by atoms with E-state index in [1.165, 1.54) is 11.8 Å². The van der Waals surface area contributed by atoms with Gasteiger partial charge < -0.3 is 19.4 Å². The maximum atomic E-state index is 12.2. The van der Waals surface area contributed by atoms with Gasteiger partial charge in [-0.15, -0.1) is 10.2 Å². The Kier molecular flexibility index (Phi) is 5.65. The number of hydrogen-bond donors (Lipinski definition) is 1. The Morgan fingerprint density at radius 1 is 1.58 bits per heavy atom. The summed E-state index contributed by atoms with van der Waals surface area (Å²) in [7, 11) is 1.88. The topological polar surface area (TPSA) is 91.2 Å². The van der Waals surface area contributed by atoms with Crippen LogP contribution in [0.3, 0.4) is 0 Å². The highest BCUT2D eigenvalue weighted by Crippen LogP contribution is 2.16. The number of carbonyl (C=O) groups excluding carboxylic acids is 1. The Labute approximate surface area is 144 Å². The molecular weight excluding hydrogens is 330 g/mol. The number of nitrogens with one attached hydrogen (secondary N) is 1. The van der Waals surface area contributed by atoms with E-state index in [1.54, 1.807) is 24.7 Å². The Balaban J connectivity index is 1.46. The maximum Gasteiger partial charge on any atom is 0.251 e. The number of pyridine rings is 1. The zero-order valence-electron chi connectivity index (χ0n) is 13.3. The molecule has 1 aliphatic heterocycles. The van der Waals surface area contributed by atoms with Crippen molar-refractivity contribution in [3.8, 4) is 5.88 Å². The molecule has 9 heteroatoms. The number of ether oxygens (including phenoxy) is 2. The summed E-state index contributed by atoms with van der Waals surface area (Å²) >= 11 is 1.54. The van der Waals surface area contributed by atoms with Crippen molar-refractivity contribution >= 4 is 17.7 Å². The zero-order chi connectivity index (χ0) is 16.8.